The Morgan fingerprint density at radius 3 is 0.820 bits per heavy atom. The third-order valence-electron chi connectivity index (χ3n) is 11.9. The third-order valence-corrected chi connectivity index (χ3v) is 27.5. The summed E-state index contributed by atoms with van der Waals surface area (Å²) < 4.78 is -0.120. The number of benzene rings is 3. The summed E-state index contributed by atoms with van der Waals surface area (Å²) in [5.74, 6) is 0. The maximum atomic E-state index is 2.68. The molecule has 0 aliphatic heterocycles. The van der Waals surface area contributed by atoms with Crippen LogP contribution in [0.5, 0.6) is 0 Å². The molecule has 1 aliphatic rings. The Kier molecular flexibility index (Phi) is 15.0. The van der Waals surface area contributed by atoms with Gasteiger partial charge in [-0.05, 0) is 0 Å². The van der Waals surface area contributed by atoms with Crippen LogP contribution in [0.1, 0.15) is 61.1 Å². The van der Waals surface area contributed by atoms with Crippen molar-refractivity contribution in [3.63, 3.8) is 0 Å². The first-order valence-electron chi connectivity index (χ1n) is 17.7. The van der Waals surface area contributed by atoms with Gasteiger partial charge in [0.05, 0.1) is 0 Å². The van der Waals surface area contributed by atoms with Crippen LogP contribution in [0.25, 0.3) is 0 Å². The molecule has 4 rings (SSSR count). The molecule has 0 atom stereocenters. The molecule has 0 spiro atoms. The normalized spacial score (nSPS) is 15.1. The van der Waals surface area contributed by atoms with Crippen molar-refractivity contribution in [2.24, 2.45) is 0 Å². The molecule has 0 fully saturated rings. The minimum atomic E-state index is -2.91. The second-order valence-electron chi connectivity index (χ2n) is 18.0. The zero-order valence-corrected chi connectivity index (χ0v) is 42.4. The van der Waals surface area contributed by atoms with E-state index in [0.717, 1.165) is 0 Å². The molecule has 3 aromatic carbocycles. The van der Waals surface area contributed by atoms with Gasteiger partial charge in [0, 0.05) is 0 Å². The summed E-state index contributed by atoms with van der Waals surface area (Å²) >= 11 is 2.68. The van der Waals surface area contributed by atoms with Gasteiger partial charge < -0.3 is 37.2 Å². The van der Waals surface area contributed by atoms with Crippen molar-refractivity contribution in [3.05, 3.63) is 92.1 Å². The number of halogens is 3. The Balaban J connectivity index is 0.00000417. The molecule has 0 bridgehead atoms. The number of hydrogen-bond acceptors (Lipinski definition) is 0. The fraction of sp³-hybridized carbons (Fsp3) is 0.476. The molecule has 0 saturated carbocycles. The van der Waals surface area contributed by atoms with Crippen LogP contribution < -0.4 is 68.3 Å². The van der Waals surface area contributed by atoms with Crippen LogP contribution in [0.4, 0.5) is 0 Å². The molecule has 1 aliphatic carbocycles. The first-order valence-corrected chi connectivity index (χ1v) is 31.0. The molecule has 0 heterocycles. The second-order valence-corrected chi connectivity index (χ2v) is 38.9. The van der Waals surface area contributed by atoms with E-state index in [4.69, 9.17) is 0 Å². The van der Waals surface area contributed by atoms with Crippen molar-refractivity contribution in [1.29, 1.82) is 0 Å². The van der Waals surface area contributed by atoms with E-state index in [-0.39, 0.29) is 40.6 Å². The van der Waals surface area contributed by atoms with Crippen LogP contribution in [0, 0.1) is 41.5 Å². The van der Waals surface area contributed by atoms with Crippen LogP contribution in [-0.4, -0.2) is 32.3 Å². The minimum Gasteiger partial charge on any atom is -1.00 e. The number of hydrogen-bond donors (Lipinski definition) is 0. The SMILES string of the molecule is CC1=C(C)[C]([Ti+3])([Si](c2ccc(C)c([Si](C)(C)C)c2C)(c2ccc(C)c([Si](C)(C)C)c2C)c2ccc(C)c([Si](C)(C)C)c2C)C(C)=C1C.[Cl-].[Cl-].[Cl-]. The van der Waals surface area contributed by atoms with Gasteiger partial charge in [0.15, 0.2) is 0 Å². The van der Waals surface area contributed by atoms with Gasteiger partial charge in [-0.3, -0.25) is 0 Å². The largest absolute Gasteiger partial charge is 1.00 e. The molecule has 0 aromatic heterocycles. The quantitative estimate of drug-likeness (QED) is 0.225. The predicted molar refractivity (Wildman–Crippen MR) is 221 cm³/mol. The van der Waals surface area contributed by atoms with Crippen molar-refractivity contribution >= 4 is 63.4 Å². The van der Waals surface area contributed by atoms with E-state index in [1.54, 1.807) is 59.0 Å². The Labute approximate surface area is 341 Å². The van der Waals surface area contributed by atoms with E-state index < -0.39 is 32.3 Å². The molecule has 0 nitrogen and oxygen atoms in total. The van der Waals surface area contributed by atoms with Crippen LogP contribution in [0.2, 0.25) is 62.3 Å². The van der Waals surface area contributed by atoms with Crippen LogP contribution in [-0.2, 0) is 20.4 Å². The number of allylic oxidation sites excluding steroid dienone is 4. The number of aryl methyl sites for hydroxylation is 3. The zero-order chi connectivity index (χ0) is 36.0. The van der Waals surface area contributed by atoms with E-state index >= 15 is 0 Å². The maximum absolute atomic E-state index is 2.91. The number of rotatable bonds is 7. The van der Waals surface area contributed by atoms with Crippen molar-refractivity contribution in [3.8, 4) is 0 Å². The molecular formula is C42H63Cl3Si4Ti. The molecule has 0 amide bonds. The molecular weight excluding hydrogens is 771 g/mol. The van der Waals surface area contributed by atoms with Gasteiger partial charge in [0.2, 0.25) is 0 Å². The molecule has 0 radical (unpaired) electrons. The Bertz CT molecular complexity index is 1660. The van der Waals surface area contributed by atoms with Gasteiger partial charge in [-0.15, -0.1) is 0 Å². The summed E-state index contributed by atoms with van der Waals surface area (Å²) in [5, 5.41) is 9.92. The Morgan fingerprint density at radius 2 is 0.620 bits per heavy atom. The first kappa shape index (κ1) is 47.6. The van der Waals surface area contributed by atoms with Crippen molar-refractivity contribution in [1.82, 2.24) is 0 Å². The average molecular weight is 835 g/mol. The summed E-state index contributed by atoms with van der Waals surface area (Å²) in [4.78, 5) is 0. The third kappa shape index (κ3) is 7.22. The molecule has 3 aromatic rings. The van der Waals surface area contributed by atoms with E-state index in [2.05, 4.69) is 185 Å². The van der Waals surface area contributed by atoms with Crippen molar-refractivity contribution < 1.29 is 57.7 Å². The van der Waals surface area contributed by atoms with Gasteiger partial charge in [0.1, 0.15) is 0 Å². The predicted octanol–water partition coefficient (Wildman–Crippen LogP) is -0.414. The molecule has 8 heteroatoms. The summed E-state index contributed by atoms with van der Waals surface area (Å²) in [6.07, 6.45) is 0. The molecule has 50 heavy (non-hydrogen) atoms. The van der Waals surface area contributed by atoms with E-state index in [0.29, 0.717) is 0 Å². The Hall–Kier alpha value is -0.408. The molecule has 0 unspecified atom stereocenters. The fourth-order valence-electron chi connectivity index (χ4n) is 10.2. The summed E-state index contributed by atoms with van der Waals surface area (Å²) in [6.45, 7) is 47.4. The van der Waals surface area contributed by atoms with E-state index in [9.17, 15) is 0 Å². The maximum Gasteiger partial charge on any atom is -1.00 e. The monoisotopic (exact) mass is 832 g/mol. The van der Waals surface area contributed by atoms with Crippen molar-refractivity contribution in [2.45, 2.75) is 132 Å². The zero-order valence-electron chi connectivity index (χ0n) is 34.6. The van der Waals surface area contributed by atoms with Crippen LogP contribution in [0.3, 0.4) is 0 Å². The standard InChI is InChI=1S/C42H63Si4.3ClH.Ti/c1-26-20-23-36(33(8)39(26)43(11,12)13)46(42-31(6)29(4)30(5)32(42)7,37-24-21-27(2)40(34(37)9)44(14,15)16)38-25-22-28(3)41(35(38)10)45(17,18)19;;;;/h20-25H,1-19H3;3*1H;/q;;;;+3/p-3. The topological polar surface area (TPSA) is 0 Å². The molecule has 0 N–H and O–H groups in total. The van der Waals surface area contributed by atoms with Gasteiger partial charge in [-0.1, -0.05) is 0 Å². The van der Waals surface area contributed by atoms with Gasteiger partial charge >= 0.3 is 307 Å². The summed E-state index contributed by atoms with van der Waals surface area (Å²) in [6, 6.07) is 15.4. The molecule has 0 saturated heterocycles. The summed E-state index contributed by atoms with van der Waals surface area (Å²) in [5.41, 5.74) is 15.3. The van der Waals surface area contributed by atoms with Crippen LogP contribution >= 0.6 is 0 Å². The van der Waals surface area contributed by atoms with E-state index in [1.807, 2.05) is 0 Å². The smallest absolute Gasteiger partial charge is 1.00 e. The average Bonchev–Trinajstić information content (AvgIpc) is 3.05. The summed E-state index contributed by atoms with van der Waals surface area (Å²) in [7, 11) is -7.93. The van der Waals surface area contributed by atoms with Gasteiger partial charge in [-0.2, -0.15) is 0 Å². The van der Waals surface area contributed by atoms with Crippen LogP contribution in [0.15, 0.2) is 58.7 Å². The van der Waals surface area contributed by atoms with Gasteiger partial charge in [-0.25, -0.2) is 0 Å². The van der Waals surface area contributed by atoms with Gasteiger partial charge in [0.25, 0.3) is 0 Å². The molecule has 272 valence electrons. The van der Waals surface area contributed by atoms with E-state index in [1.165, 1.54) is 27.8 Å². The Morgan fingerprint density at radius 1 is 0.400 bits per heavy atom. The second kappa shape index (κ2) is 15.8. The first-order chi connectivity index (χ1) is 21.3. The minimum absolute atomic E-state index is 0. The van der Waals surface area contributed by atoms with Crippen molar-refractivity contribution in [2.75, 3.05) is 0 Å². The fourth-order valence-corrected chi connectivity index (χ4v) is 27.3.